The number of carboxylic acids is 1. The molecular formula is C13H15FO5. The van der Waals surface area contributed by atoms with E-state index >= 15 is 0 Å². The summed E-state index contributed by atoms with van der Waals surface area (Å²) in [7, 11) is 1.33. The molecule has 1 aliphatic rings. The van der Waals surface area contributed by atoms with Crippen LogP contribution >= 0.6 is 0 Å². The van der Waals surface area contributed by atoms with Crippen molar-refractivity contribution < 1.29 is 28.5 Å². The fraction of sp³-hybridized carbons (Fsp3) is 0.462. The molecule has 19 heavy (non-hydrogen) atoms. The van der Waals surface area contributed by atoms with E-state index in [-0.39, 0.29) is 30.5 Å². The third-order valence-corrected chi connectivity index (χ3v) is 3.09. The summed E-state index contributed by atoms with van der Waals surface area (Å²) in [6.45, 7) is 3.36. The average molecular weight is 270 g/mol. The van der Waals surface area contributed by atoms with Gasteiger partial charge in [-0.3, -0.25) is 4.79 Å². The number of fused-ring (bicyclic) bond motifs is 1. The molecule has 1 aromatic carbocycles. The number of aliphatic carboxylic acids is 1. The molecule has 1 N–H and O–H groups in total. The van der Waals surface area contributed by atoms with Crippen molar-refractivity contribution in [3.05, 3.63) is 17.4 Å². The molecule has 0 spiro atoms. The second-order valence-corrected chi connectivity index (χ2v) is 4.96. The fourth-order valence-electron chi connectivity index (χ4n) is 2.16. The van der Waals surface area contributed by atoms with Gasteiger partial charge in [0.2, 0.25) is 18.4 Å². The van der Waals surface area contributed by atoms with Crippen molar-refractivity contribution in [3.8, 4) is 17.2 Å². The Labute approximate surface area is 109 Å². The first kappa shape index (κ1) is 13.5. The van der Waals surface area contributed by atoms with Crippen LogP contribution in [0, 0.1) is 5.82 Å². The van der Waals surface area contributed by atoms with Crippen LogP contribution < -0.4 is 14.2 Å². The standard InChI is InChI=1S/C13H15FO5/c1-13(2,5-9(15)16)7-4-8-12(19-6-18-8)10(14)11(7)17-3/h4H,5-6H2,1-3H3,(H,15,16). The van der Waals surface area contributed by atoms with E-state index in [4.69, 9.17) is 19.3 Å². The monoisotopic (exact) mass is 270 g/mol. The first-order chi connectivity index (χ1) is 8.86. The van der Waals surface area contributed by atoms with E-state index in [9.17, 15) is 9.18 Å². The number of carboxylic acid groups (broad SMARTS) is 1. The molecule has 0 radical (unpaired) electrons. The van der Waals surface area contributed by atoms with Crippen molar-refractivity contribution in [2.24, 2.45) is 0 Å². The zero-order valence-corrected chi connectivity index (χ0v) is 10.9. The number of methoxy groups -OCH3 is 1. The van der Waals surface area contributed by atoms with Gasteiger partial charge in [-0.05, 0) is 6.07 Å². The summed E-state index contributed by atoms with van der Waals surface area (Å²) >= 11 is 0. The van der Waals surface area contributed by atoms with E-state index < -0.39 is 17.2 Å². The van der Waals surface area contributed by atoms with Gasteiger partial charge in [-0.25, -0.2) is 0 Å². The predicted molar refractivity (Wildman–Crippen MR) is 64.4 cm³/mol. The lowest BCUT2D eigenvalue weighted by Gasteiger charge is -2.25. The van der Waals surface area contributed by atoms with Crippen LogP contribution in [0.25, 0.3) is 0 Å². The number of carbonyl (C=O) groups is 1. The summed E-state index contributed by atoms with van der Waals surface area (Å²) in [5.74, 6) is -1.36. The molecule has 2 rings (SSSR count). The summed E-state index contributed by atoms with van der Waals surface area (Å²) < 4.78 is 29.5. The maximum atomic E-state index is 14.2. The number of hydrogen-bond acceptors (Lipinski definition) is 4. The number of ether oxygens (including phenoxy) is 3. The second-order valence-electron chi connectivity index (χ2n) is 4.96. The van der Waals surface area contributed by atoms with Gasteiger partial charge < -0.3 is 19.3 Å². The Balaban J connectivity index is 2.57. The highest BCUT2D eigenvalue weighted by atomic mass is 19.1. The Morgan fingerprint density at radius 2 is 2.21 bits per heavy atom. The Morgan fingerprint density at radius 1 is 1.53 bits per heavy atom. The van der Waals surface area contributed by atoms with Gasteiger partial charge in [0.15, 0.2) is 11.5 Å². The van der Waals surface area contributed by atoms with E-state index in [2.05, 4.69) is 0 Å². The largest absolute Gasteiger partial charge is 0.493 e. The molecule has 1 aliphatic heterocycles. The zero-order chi connectivity index (χ0) is 14.2. The van der Waals surface area contributed by atoms with Gasteiger partial charge in [0.1, 0.15) is 0 Å². The van der Waals surface area contributed by atoms with Crippen molar-refractivity contribution in [1.29, 1.82) is 0 Å². The molecule has 0 aliphatic carbocycles. The Morgan fingerprint density at radius 3 is 2.79 bits per heavy atom. The van der Waals surface area contributed by atoms with Gasteiger partial charge >= 0.3 is 5.97 Å². The van der Waals surface area contributed by atoms with Crippen LogP contribution in [0.3, 0.4) is 0 Å². The molecule has 1 heterocycles. The first-order valence-corrected chi connectivity index (χ1v) is 5.75. The van der Waals surface area contributed by atoms with Gasteiger partial charge in [-0.1, -0.05) is 13.8 Å². The Hall–Kier alpha value is -1.98. The first-order valence-electron chi connectivity index (χ1n) is 5.75. The average Bonchev–Trinajstić information content (AvgIpc) is 2.75. The highest BCUT2D eigenvalue weighted by Crippen LogP contribution is 2.46. The molecule has 104 valence electrons. The quantitative estimate of drug-likeness (QED) is 0.909. The third kappa shape index (κ3) is 2.30. The van der Waals surface area contributed by atoms with Crippen molar-refractivity contribution in [2.45, 2.75) is 25.7 Å². The van der Waals surface area contributed by atoms with Crippen molar-refractivity contribution in [1.82, 2.24) is 0 Å². The lowest BCUT2D eigenvalue weighted by Crippen LogP contribution is -2.23. The molecule has 1 aromatic rings. The lowest BCUT2D eigenvalue weighted by molar-refractivity contribution is -0.138. The van der Waals surface area contributed by atoms with Crippen LogP contribution in [0.4, 0.5) is 4.39 Å². The third-order valence-electron chi connectivity index (χ3n) is 3.09. The lowest BCUT2D eigenvalue weighted by atomic mass is 9.80. The SMILES string of the molecule is COc1c(C(C)(C)CC(=O)O)cc2c(c1F)OCO2. The summed E-state index contributed by atoms with van der Waals surface area (Å²) in [6.07, 6.45) is -0.150. The molecule has 0 bridgehead atoms. The molecule has 5 nitrogen and oxygen atoms in total. The van der Waals surface area contributed by atoms with Crippen molar-refractivity contribution in [2.75, 3.05) is 13.9 Å². The normalized spacial score (nSPS) is 13.5. The van der Waals surface area contributed by atoms with E-state index in [0.717, 1.165) is 0 Å². The van der Waals surface area contributed by atoms with E-state index in [1.54, 1.807) is 19.9 Å². The van der Waals surface area contributed by atoms with Gasteiger partial charge in [0.05, 0.1) is 13.5 Å². The smallest absolute Gasteiger partial charge is 0.304 e. The summed E-state index contributed by atoms with van der Waals surface area (Å²) in [4.78, 5) is 10.9. The minimum Gasteiger partial charge on any atom is -0.493 e. The van der Waals surface area contributed by atoms with Crippen LogP contribution in [0.5, 0.6) is 17.2 Å². The van der Waals surface area contributed by atoms with Crippen LogP contribution in [-0.4, -0.2) is 25.0 Å². The number of benzene rings is 1. The van der Waals surface area contributed by atoms with E-state index in [1.165, 1.54) is 7.11 Å². The molecule has 0 atom stereocenters. The number of halogens is 1. The minimum absolute atomic E-state index is 0.00417. The maximum Gasteiger partial charge on any atom is 0.304 e. The maximum absolute atomic E-state index is 14.2. The number of hydrogen-bond donors (Lipinski definition) is 1. The molecule has 0 fully saturated rings. The molecule has 0 amide bonds. The molecule has 0 aromatic heterocycles. The summed E-state index contributed by atoms with van der Waals surface area (Å²) in [5.41, 5.74) is -0.349. The molecule has 0 unspecified atom stereocenters. The van der Waals surface area contributed by atoms with Crippen LogP contribution in [0.15, 0.2) is 6.07 Å². The molecule has 0 saturated carbocycles. The predicted octanol–water partition coefficient (Wildman–Crippen LogP) is 2.32. The van der Waals surface area contributed by atoms with Gasteiger partial charge in [-0.15, -0.1) is 0 Å². The summed E-state index contributed by atoms with van der Waals surface area (Å²) in [5, 5.41) is 8.95. The highest BCUT2D eigenvalue weighted by Gasteiger charge is 2.34. The van der Waals surface area contributed by atoms with Gasteiger partial charge in [-0.2, -0.15) is 4.39 Å². The Kier molecular flexibility index (Phi) is 3.26. The van der Waals surface area contributed by atoms with Gasteiger partial charge in [0.25, 0.3) is 0 Å². The Bertz CT molecular complexity index is 524. The fourth-order valence-corrected chi connectivity index (χ4v) is 2.16. The number of rotatable bonds is 4. The van der Waals surface area contributed by atoms with Crippen LogP contribution in [0.2, 0.25) is 0 Å². The zero-order valence-electron chi connectivity index (χ0n) is 10.9. The van der Waals surface area contributed by atoms with Gasteiger partial charge in [0, 0.05) is 11.0 Å². The minimum atomic E-state index is -0.967. The van der Waals surface area contributed by atoms with E-state index in [0.29, 0.717) is 5.56 Å². The van der Waals surface area contributed by atoms with Crippen LogP contribution in [0.1, 0.15) is 25.8 Å². The second kappa shape index (κ2) is 4.60. The van der Waals surface area contributed by atoms with Crippen molar-refractivity contribution in [3.63, 3.8) is 0 Å². The van der Waals surface area contributed by atoms with E-state index in [1.807, 2.05) is 0 Å². The van der Waals surface area contributed by atoms with Crippen LogP contribution in [-0.2, 0) is 10.2 Å². The summed E-state index contributed by atoms with van der Waals surface area (Å²) in [6, 6.07) is 1.58. The molecular weight excluding hydrogens is 255 g/mol. The van der Waals surface area contributed by atoms with Crippen molar-refractivity contribution >= 4 is 5.97 Å². The molecule has 0 saturated heterocycles. The highest BCUT2D eigenvalue weighted by molar-refractivity contribution is 5.70. The topological polar surface area (TPSA) is 65.0 Å². The molecule has 6 heteroatoms.